The van der Waals surface area contributed by atoms with Crippen molar-refractivity contribution in [2.75, 3.05) is 0 Å². The minimum absolute atomic E-state index is 0.0979. The molecule has 1 atom stereocenters. The number of benzene rings is 1. The molecule has 0 radical (unpaired) electrons. The molecule has 0 saturated heterocycles. The maximum absolute atomic E-state index is 6.29. The summed E-state index contributed by atoms with van der Waals surface area (Å²) in [5.41, 5.74) is 9.71. The lowest BCUT2D eigenvalue weighted by molar-refractivity contribution is 0.881. The molecule has 2 aromatic rings. The highest BCUT2D eigenvalue weighted by Crippen LogP contribution is 2.34. The highest BCUT2D eigenvalue weighted by molar-refractivity contribution is 9.10. The van der Waals surface area contributed by atoms with E-state index in [1.807, 2.05) is 13.0 Å². The molecular weight excluding hydrogens is 318 g/mol. The van der Waals surface area contributed by atoms with Crippen LogP contribution < -0.4 is 5.73 Å². The van der Waals surface area contributed by atoms with Crippen molar-refractivity contribution in [3.63, 3.8) is 0 Å². The molecule has 1 nitrogen and oxygen atoms in total. The summed E-state index contributed by atoms with van der Waals surface area (Å²) < 4.78 is 1.90. The van der Waals surface area contributed by atoms with E-state index < -0.39 is 0 Å². The number of aryl methyl sites for hydroxylation is 2. The van der Waals surface area contributed by atoms with E-state index in [9.17, 15) is 0 Å². The van der Waals surface area contributed by atoms with Crippen molar-refractivity contribution < 1.29 is 0 Å². The van der Waals surface area contributed by atoms with Crippen molar-refractivity contribution in [3.05, 3.63) is 54.6 Å². The number of hydrogen-bond donors (Lipinski definition) is 1. The largest absolute Gasteiger partial charge is 0.320 e. The molecule has 2 rings (SSSR count). The zero-order valence-electron chi connectivity index (χ0n) is 9.63. The van der Waals surface area contributed by atoms with Gasteiger partial charge in [0.2, 0.25) is 0 Å². The number of nitrogens with two attached hydrogens (primary N) is 1. The Morgan fingerprint density at radius 2 is 1.94 bits per heavy atom. The second-order valence-electron chi connectivity index (χ2n) is 4.08. The zero-order chi connectivity index (χ0) is 12.6. The molecule has 0 aliphatic heterocycles. The quantitative estimate of drug-likeness (QED) is 0.838. The van der Waals surface area contributed by atoms with Crippen LogP contribution in [0.2, 0.25) is 4.34 Å². The van der Waals surface area contributed by atoms with Gasteiger partial charge in [-0.2, -0.15) is 0 Å². The van der Waals surface area contributed by atoms with Crippen LogP contribution in [-0.4, -0.2) is 0 Å². The first-order valence-electron chi connectivity index (χ1n) is 5.26. The second kappa shape index (κ2) is 5.11. The van der Waals surface area contributed by atoms with Gasteiger partial charge < -0.3 is 5.73 Å². The topological polar surface area (TPSA) is 26.0 Å². The minimum atomic E-state index is -0.0979. The van der Waals surface area contributed by atoms with Crippen LogP contribution in [-0.2, 0) is 0 Å². The van der Waals surface area contributed by atoms with Crippen molar-refractivity contribution in [1.82, 2.24) is 0 Å². The van der Waals surface area contributed by atoms with E-state index in [4.69, 9.17) is 17.3 Å². The van der Waals surface area contributed by atoms with Gasteiger partial charge in [-0.05, 0) is 48.7 Å². The van der Waals surface area contributed by atoms with Crippen LogP contribution in [0.3, 0.4) is 0 Å². The average molecular weight is 331 g/mol. The van der Waals surface area contributed by atoms with E-state index in [2.05, 4.69) is 41.1 Å². The number of thiophene rings is 1. The van der Waals surface area contributed by atoms with Gasteiger partial charge in [0, 0.05) is 9.35 Å². The van der Waals surface area contributed by atoms with Gasteiger partial charge in [-0.25, -0.2) is 0 Å². The SMILES string of the molecule is Cc1cc(Br)ccc1C(N)c1cc(C)c(Cl)s1. The Bertz CT molecular complexity index is 531. The summed E-state index contributed by atoms with van der Waals surface area (Å²) in [7, 11) is 0. The molecule has 1 unspecified atom stereocenters. The van der Waals surface area contributed by atoms with Crippen molar-refractivity contribution in [2.24, 2.45) is 5.73 Å². The third kappa shape index (κ3) is 2.74. The first-order chi connectivity index (χ1) is 7.99. The number of halogens is 2. The Hall–Kier alpha value is -0.350. The summed E-state index contributed by atoms with van der Waals surface area (Å²) in [6, 6.07) is 8.13. The lowest BCUT2D eigenvalue weighted by Gasteiger charge is -2.13. The maximum Gasteiger partial charge on any atom is 0.0961 e. The monoisotopic (exact) mass is 329 g/mol. The van der Waals surface area contributed by atoms with Crippen molar-refractivity contribution >= 4 is 38.9 Å². The number of rotatable bonds is 2. The smallest absolute Gasteiger partial charge is 0.0961 e. The third-order valence-corrected chi connectivity index (χ3v) is 4.88. The van der Waals surface area contributed by atoms with E-state index in [1.54, 1.807) is 11.3 Å². The summed E-state index contributed by atoms with van der Waals surface area (Å²) in [6.07, 6.45) is 0. The maximum atomic E-state index is 6.29. The number of hydrogen-bond acceptors (Lipinski definition) is 2. The molecule has 0 spiro atoms. The van der Waals surface area contributed by atoms with Crippen molar-refractivity contribution in [2.45, 2.75) is 19.9 Å². The van der Waals surface area contributed by atoms with E-state index in [0.29, 0.717) is 0 Å². The molecule has 0 fully saturated rings. The molecule has 0 bridgehead atoms. The molecule has 0 amide bonds. The zero-order valence-corrected chi connectivity index (χ0v) is 12.8. The molecular formula is C13H13BrClNS. The van der Waals surface area contributed by atoms with Gasteiger partial charge in [-0.15, -0.1) is 11.3 Å². The highest BCUT2D eigenvalue weighted by atomic mass is 79.9. The molecule has 1 aromatic heterocycles. The molecule has 90 valence electrons. The van der Waals surface area contributed by atoms with Crippen LogP contribution in [0, 0.1) is 13.8 Å². The fourth-order valence-electron chi connectivity index (χ4n) is 1.78. The summed E-state index contributed by atoms with van der Waals surface area (Å²) in [5, 5.41) is 0. The average Bonchev–Trinajstić information content (AvgIpc) is 2.58. The molecule has 1 aromatic carbocycles. The second-order valence-corrected chi connectivity index (χ2v) is 6.69. The van der Waals surface area contributed by atoms with Crippen molar-refractivity contribution in [3.8, 4) is 0 Å². The molecule has 17 heavy (non-hydrogen) atoms. The van der Waals surface area contributed by atoms with Crippen molar-refractivity contribution in [1.29, 1.82) is 0 Å². The van der Waals surface area contributed by atoms with Gasteiger partial charge in [0.05, 0.1) is 10.4 Å². The van der Waals surface area contributed by atoms with Crippen LogP contribution in [0.15, 0.2) is 28.7 Å². The Labute approximate surface area is 119 Å². The Balaban J connectivity index is 2.39. The Morgan fingerprint density at radius 3 is 2.47 bits per heavy atom. The summed E-state index contributed by atoms with van der Waals surface area (Å²) in [6.45, 7) is 4.07. The predicted octanol–water partition coefficient (Wildman–Crippen LogP) is 4.83. The highest BCUT2D eigenvalue weighted by Gasteiger charge is 2.15. The van der Waals surface area contributed by atoms with Gasteiger partial charge in [0.15, 0.2) is 0 Å². The molecule has 2 N–H and O–H groups in total. The van der Waals surface area contributed by atoms with Gasteiger partial charge >= 0.3 is 0 Å². The van der Waals surface area contributed by atoms with E-state index in [-0.39, 0.29) is 6.04 Å². The molecule has 0 aliphatic rings. The predicted molar refractivity (Wildman–Crippen MR) is 79.0 cm³/mol. The lowest BCUT2D eigenvalue weighted by atomic mass is 10.0. The standard InChI is InChI=1S/C13H13BrClNS/c1-7-5-9(14)3-4-10(7)12(16)11-6-8(2)13(15)17-11/h3-6,12H,16H2,1-2H3. The summed E-state index contributed by atoms with van der Waals surface area (Å²) in [4.78, 5) is 1.11. The van der Waals surface area contributed by atoms with Gasteiger partial charge in [0.1, 0.15) is 0 Å². The molecule has 0 saturated carbocycles. The van der Waals surface area contributed by atoms with Gasteiger partial charge in [-0.3, -0.25) is 0 Å². The summed E-state index contributed by atoms with van der Waals surface area (Å²) in [5.74, 6) is 0. The van der Waals surface area contributed by atoms with Crippen LogP contribution in [0.5, 0.6) is 0 Å². The Kier molecular flexibility index (Phi) is 3.93. The van der Waals surface area contributed by atoms with E-state index in [1.165, 1.54) is 5.56 Å². The normalized spacial score (nSPS) is 12.8. The summed E-state index contributed by atoms with van der Waals surface area (Å²) >= 11 is 11.1. The van der Waals surface area contributed by atoms with E-state index >= 15 is 0 Å². The van der Waals surface area contributed by atoms with Crippen LogP contribution in [0.4, 0.5) is 0 Å². The van der Waals surface area contributed by atoms with Gasteiger partial charge in [0.25, 0.3) is 0 Å². The fourth-order valence-corrected chi connectivity index (χ4v) is 3.49. The van der Waals surface area contributed by atoms with E-state index in [0.717, 1.165) is 24.8 Å². The third-order valence-electron chi connectivity index (χ3n) is 2.75. The first kappa shape index (κ1) is 13.1. The van der Waals surface area contributed by atoms with Crippen LogP contribution in [0.1, 0.15) is 27.6 Å². The van der Waals surface area contributed by atoms with Gasteiger partial charge in [-0.1, -0.05) is 33.6 Å². The molecule has 4 heteroatoms. The molecule has 1 heterocycles. The lowest BCUT2D eigenvalue weighted by Crippen LogP contribution is -2.11. The minimum Gasteiger partial charge on any atom is -0.320 e. The fraction of sp³-hybridized carbons (Fsp3) is 0.231. The molecule has 0 aliphatic carbocycles. The van der Waals surface area contributed by atoms with Crippen LogP contribution >= 0.6 is 38.9 Å². The Morgan fingerprint density at radius 1 is 1.24 bits per heavy atom. The first-order valence-corrected chi connectivity index (χ1v) is 7.25. The van der Waals surface area contributed by atoms with Crippen LogP contribution in [0.25, 0.3) is 0 Å².